The molecule has 0 aliphatic rings. The van der Waals surface area contributed by atoms with E-state index in [0.29, 0.717) is 24.3 Å². The summed E-state index contributed by atoms with van der Waals surface area (Å²) in [7, 11) is 0. The lowest BCUT2D eigenvalue weighted by Gasteiger charge is -2.18. The van der Waals surface area contributed by atoms with Crippen molar-refractivity contribution in [1.82, 2.24) is 20.1 Å². The molecule has 0 radical (unpaired) electrons. The third-order valence-electron chi connectivity index (χ3n) is 5.70. The monoisotopic (exact) mass is 552 g/mol. The van der Waals surface area contributed by atoms with Crippen molar-refractivity contribution in [2.24, 2.45) is 0 Å². The van der Waals surface area contributed by atoms with Gasteiger partial charge in [-0.1, -0.05) is 48.5 Å². The number of H-pyrrole nitrogens is 1. The minimum atomic E-state index is -2.74. The summed E-state index contributed by atoms with van der Waals surface area (Å²) in [6.07, 6.45) is -2.29. The van der Waals surface area contributed by atoms with Crippen molar-refractivity contribution in [3.8, 4) is 16.9 Å². The molecule has 0 aliphatic carbocycles. The van der Waals surface area contributed by atoms with Gasteiger partial charge in [0.25, 0.3) is 5.56 Å². The molecule has 0 saturated carbocycles. The Kier molecular flexibility index (Phi) is 9.86. The number of nitrogens with one attached hydrogen (secondary N) is 2. The number of hydrogen-bond donors (Lipinski definition) is 7. The van der Waals surface area contributed by atoms with E-state index in [2.05, 4.69) is 10.3 Å². The molecular formula is C27H28N4O9. The average molecular weight is 553 g/mol. The quantitative estimate of drug-likeness (QED) is 0.131. The lowest BCUT2D eigenvalue weighted by Crippen LogP contribution is -2.42. The van der Waals surface area contributed by atoms with E-state index in [0.717, 1.165) is 22.3 Å². The highest BCUT2D eigenvalue weighted by molar-refractivity contribution is 5.92. The number of carboxylic acid groups (broad SMARTS) is 3. The number of pyridine rings is 1. The summed E-state index contributed by atoms with van der Waals surface area (Å²) in [5, 5.41) is 51.5. The first-order valence-electron chi connectivity index (χ1n) is 12.0. The Balaban J connectivity index is 0.000000289. The fourth-order valence-electron chi connectivity index (χ4n) is 3.83. The van der Waals surface area contributed by atoms with Crippen LogP contribution in [0.25, 0.3) is 28.0 Å². The predicted octanol–water partition coefficient (Wildman–Crippen LogP) is 1.21. The Morgan fingerprint density at radius 3 is 2.02 bits per heavy atom. The number of aliphatic carboxylic acids is 3. The van der Waals surface area contributed by atoms with Crippen LogP contribution in [0.4, 0.5) is 0 Å². The molecule has 13 nitrogen and oxygen atoms in total. The number of para-hydroxylation sites is 1. The second kappa shape index (κ2) is 13.3. The maximum Gasteiger partial charge on any atom is 0.336 e. The highest BCUT2D eigenvalue weighted by atomic mass is 16.4. The van der Waals surface area contributed by atoms with Gasteiger partial charge in [-0.25, -0.2) is 9.48 Å². The molecule has 4 rings (SSSR count). The molecule has 0 spiro atoms. The summed E-state index contributed by atoms with van der Waals surface area (Å²) in [6, 6.07) is 21.5. The van der Waals surface area contributed by atoms with E-state index in [1.807, 2.05) is 66.7 Å². The number of hydrogen-bond acceptors (Lipinski definition) is 8. The first-order chi connectivity index (χ1) is 19.1. The fourth-order valence-corrected chi connectivity index (χ4v) is 3.83. The lowest BCUT2D eigenvalue weighted by molar-refractivity contribution is -0.170. The van der Waals surface area contributed by atoms with Crippen molar-refractivity contribution in [3.05, 3.63) is 82.6 Å². The zero-order chi connectivity index (χ0) is 29.3. The summed E-state index contributed by atoms with van der Waals surface area (Å²) in [5.41, 5.74) is 1.05. The molecule has 7 N–H and O–H groups in total. The van der Waals surface area contributed by atoms with Crippen LogP contribution in [0.5, 0.6) is 0 Å². The van der Waals surface area contributed by atoms with Crippen LogP contribution in [0.2, 0.25) is 0 Å². The largest absolute Gasteiger partial charge is 0.481 e. The van der Waals surface area contributed by atoms with E-state index in [1.54, 1.807) is 4.68 Å². The Hall–Kier alpha value is -4.85. The normalized spacial score (nSPS) is 11.1. The highest BCUT2D eigenvalue weighted by Gasteiger charge is 2.40. The molecule has 2 aromatic heterocycles. The van der Waals surface area contributed by atoms with E-state index >= 15 is 0 Å². The van der Waals surface area contributed by atoms with Crippen LogP contribution in [-0.2, 0) is 20.9 Å². The van der Waals surface area contributed by atoms with Gasteiger partial charge in [-0.2, -0.15) is 5.10 Å². The molecule has 40 heavy (non-hydrogen) atoms. The van der Waals surface area contributed by atoms with Gasteiger partial charge in [-0.05, 0) is 18.2 Å². The molecule has 0 unspecified atom stereocenters. The molecule has 210 valence electrons. The third kappa shape index (κ3) is 7.38. The van der Waals surface area contributed by atoms with Crippen LogP contribution in [-0.4, -0.2) is 77.0 Å². The van der Waals surface area contributed by atoms with Crippen molar-refractivity contribution >= 4 is 28.9 Å². The maximum atomic E-state index is 12.6. The van der Waals surface area contributed by atoms with Crippen molar-refractivity contribution in [1.29, 1.82) is 0 Å². The molecule has 4 aromatic rings. The maximum absolute atomic E-state index is 12.6. The molecule has 0 saturated heterocycles. The molecule has 0 atom stereocenters. The van der Waals surface area contributed by atoms with E-state index in [4.69, 9.17) is 30.6 Å². The molecule has 0 fully saturated rings. The first-order valence-corrected chi connectivity index (χ1v) is 12.0. The molecule has 0 bridgehead atoms. The number of aliphatic hydroxyl groups excluding tert-OH is 1. The van der Waals surface area contributed by atoms with Gasteiger partial charge in [-0.15, -0.1) is 0 Å². The van der Waals surface area contributed by atoms with E-state index < -0.39 is 36.4 Å². The topological polar surface area (TPSA) is 215 Å². The lowest BCUT2D eigenvalue weighted by atomic mass is 9.96. The van der Waals surface area contributed by atoms with Gasteiger partial charge in [0.05, 0.1) is 25.1 Å². The van der Waals surface area contributed by atoms with Crippen LogP contribution >= 0.6 is 0 Å². The van der Waals surface area contributed by atoms with Crippen LogP contribution in [0, 0.1) is 0 Å². The number of fused-ring (bicyclic) bond motifs is 1. The van der Waals surface area contributed by atoms with Gasteiger partial charge in [0.15, 0.2) is 5.60 Å². The van der Waals surface area contributed by atoms with Gasteiger partial charge in [0, 0.05) is 29.6 Å². The van der Waals surface area contributed by atoms with Gasteiger partial charge in [0.1, 0.15) is 11.3 Å². The van der Waals surface area contributed by atoms with Crippen LogP contribution in [0.15, 0.2) is 71.5 Å². The van der Waals surface area contributed by atoms with Crippen molar-refractivity contribution in [2.75, 3.05) is 13.2 Å². The van der Waals surface area contributed by atoms with Crippen molar-refractivity contribution in [2.45, 2.75) is 25.0 Å². The Labute approximate surface area is 227 Å². The summed E-state index contributed by atoms with van der Waals surface area (Å²) < 4.78 is 1.77. The Morgan fingerprint density at radius 2 is 1.50 bits per heavy atom. The summed E-state index contributed by atoms with van der Waals surface area (Å²) in [5.74, 6) is -5.02. The Bertz CT molecular complexity index is 1520. The van der Waals surface area contributed by atoms with E-state index in [1.165, 1.54) is 0 Å². The standard InChI is InChI=1S/C21H20N4O2.C6H8O7/c26-12-11-22-14-16-13-18-19(15-7-3-1-4-8-15)24-25(20(18)23-21(16)27)17-9-5-2-6-10-17;7-3(8)1-6(13,5(11)12)2-4(9)10/h1-10,13,22,26H,11-12,14H2,(H,23,27);13H,1-2H2,(H,7,8)(H,9,10)(H,11,12). The van der Waals surface area contributed by atoms with E-state index in [9.17, 15) is 19.2 Å². The first kappa shape index (κ1) is 29.7. The van der Waals surface area contributed by atoms with Crippen LogP contribution in [0.1, 0.15) is 18.4 Å². The number of carboxylic acids is 3. The predicted molar refractivity (Wildman–Crippen MR) is 143 cm³/mol. The molecule has 13 heteroatoms. The van der Waals surface area contributed by atoms with Gasteiger partial charge < -0.3 is 35.8 Å². The molecule has 0 aliphatic heterocycles. The molecular weight excluding hydrogens is 524 g/mol. The minimum Gasteiger partial charge on any atom is -0.481 e. The second-order valence-electron chi connectivity index (χ2n) is 8.73. The van der Waals surface area contributed by atoms with Crippen LogP contribution < -0.4 is 10.9 Å². The zero-order valence-electron chi connectivity index (χ0n) is 21.1. The number of carbonyl (C=O) groups is 3. The zero-order valence-corrected chi connectivity index (χ0v) is 21.1. The van der Waals surface area contributed by atoms with Gasteiger partial charge in [0.2, 0.25) is 0 Å². The minimum absolute atomic E-state index is 0.0291. The number of rotatable bonds is 11. The smallest absolute Gasteiger partial charge is 0.336 e. The van der Waals surface area contributed by atoms with E-state index in [-0.39, 0.29) is 12.2 Å². The third-order valence-corrected chi connectivity index (χ3v) is 5.70. The number of aliphatic hydroxyl groups is 2. The molecule has 2 heterocycles. The molecule has 2 aromatic carbocycles. The van der Waals surface area contributed by atoms with Crippen molar-refractivity contribution < 1.29 is 39.9 Å². The number of aromatic amines is 1. The average Bonchev–Trinajstić information content (AvgIpc) is 3.27. The number of aromatic nitrogens is 3. The van der Waals surface area contributed by atoms with Crippen LogP contribution in [0.3, 0.4) is 0 Å². The van der Waals surface area contributed by atoms with Gasteiger partial charge >= 0.3 is 17.9 Å². The highest BCUT2D eigenvalue weighted by Crippen LogP contribution is 2.28. The summed E-state index contributed by atoms with van der Waals surface area (Å²) in [6.45, 7) is 0.851. The molecule has 0 amide bonds. The number of benzene rings is 2. The second-order valence-corrected chi connectivity index (χ2v) is 8.73. The Morgan fingerprint density at radius 1 is 0.925 bits per heavy atom. The van der Waals surface area contributed by atoms with Gasteiger partial charge in [-0.3, -0.25) is 14.4 Å². The van der Waals surface area contributed by atoms with Crippen molar-refractivity contribution in [3.63, 3.8) is 0 Å². The fraction of sp³-hybridized carbons (Fsp3) is 0.222. The number of nitrogens with zero attached hydrogens (tertiary/aromatic N) is 2. The summed E-state index contributed by atoms with van der Waals surface area (Å²) in [4.78, 5) is 46.0. The SMILES string of the molecule is O=C(O)CC(O)(CC(=O)O)C(=O)O.O=c1[nH]c2c(cc1CNCCO)c(-c1ccccc1)nn2-c1ccccc1. The summed E-state index contributed by atoms with van der Waals surface area (Å²) >= 11 is 0.